The highest BCUT2D eigenvalue weighted by Crippen LogP contribution is 2.33. The maximum Gasteiger partial charge on any atom is 0.283 e. The molecule has 152 valence electrons. The van der Waals surface area contributed by atoms with E-state index in [-0.39, 0.29) is 5.56 Å². The van der Waals surface area contributed by atoms with Crippen molar-refractivity contribution < 1.29 is 0 Å². The maximum atomic E-state index is 13.3. The molecule has 29 heavy (non-hydrogen) atoms. The highest BCUT2D eigenvalue weighted by atomic mass is 32.1. The first kappa shape index (κ1) is 19.8. The van der Waals surface area contributed by atoms with Crippen molar-refractivity contribution in [3.8, 4) is 0 Å². The summed E-state index contributed by atoms with van der Waals surface area (Å²) in [5.41, 5.74) is 3.36. The Morgan fingerprint density at radius 2 is 1.86 bits per heavy atom. The smallest absolute Gasteiger partial charge is 0.283 e. The summed E-state index contributed by atoms with van der Waals surface area (Å²) in [4.78, 5) is 22.6. The summed E-state index contributed by atoms with van der Waals surface area (Å²) < 4.78 is 1.50. The molecule has 0 radical (unpaired) electrons. The van der Waals surface area contributed by atoms with Gasteiger partial charge in [0, 0.05) is 30.1 Å². The van der Waals surface area contributed by atoms with E-state index in [4.69, 9.17) is 4.98 Å². The molecule has 3 aromatic rings. The number of nitrogens with zero attached hydrogens (tertiary/aromatic N) is 4. The van der Waals surface area contributed by atoms with Gasteiger partial charge in [-0.15, -0.1) is 11.3 Å². The van der Waals surface area contributed by atoms with Crippen molar-refractivity contribution in [3.05, 3.63) is 56.4 Å². The minimum atomic E-state index is -0.0257. The van der Waals surface area contributed by atoms with E-state index < -0.39 is 0 Å². The van der Waals surface area contributed by atoms with Crippen molar-refractivity contribution in [2.24, 2.45) is 5.10 Å². The zero-order valence-electron chi connectivity index (χ0n) is 17.4. The van der Waals surface area contributed by atoms with Gasteiger partial charge in [0.2, 0.25) is 0 Å². The predicted octanol–water partition coefficient (Wildman–Crippen LogP) is 4.63. The number of benzene rings is 1. The maximum absolute atomic E-state index is 13.3. The second-order valence-corrected chi connectivity index (χ2v) is 8.48. The Kier molecular flexibility index (Phi) is 5.81. The molecule has 0 unspecified atom stereocenters. The van der Waals surface area contributed by atoms with E-state index >= 15 is 0 Å². The molecule has 1 aliphatic rings. The lowest BCUT2D eigenvalue weighted by atomic mass is 9.97. The van der Waals surface area contributed by atoms with Crippen LogP contribution in [0.4, 0.5) is 5.69 Å². The molecule has 1 aromatic carbocycles. The molecule has 0 aliphatic heterocycles. The molecule has 2 aromatic heterocycles. The summed E-state index contributed by atoms with van der Waals surface area (Å²) in [5.74, 6) is 0.720. The van der Waals surface area contributed by atoms with Crippen LogP contribution in [0.5, 0.6) is 0 Å². The third kappa shape index (κ3) is 3.73. The van der Waals surface area contributed by atoms with Crippen molar-refractivity contribution in [2.45, 2.75) is 52.9 Å². The van der Waals surface area contributed by atoms with Gasteiger partial charge < -0.3 is 4.90 Å². The lowest BCUT2D eigenvalue weighted by molar-refractivity contribution is 0.696. The van der Waals surface area contributed by atoms with E-state index in [0.29, 0.717) is 6.42 Å². The molecule has 2 heterocycles. The molecule has 0 atom stereocenters. The first-order chi connectivity index (χ1) is 14.2. The summed E-state index contributed by atoms with van der Waals surface area (Å²) in [7, 11) is 0. The molecule has 6 heteroatoms. The van der Waals surface area contributed by atoms with Crippen LogP contribution in [0.1, 0.15) is 55.4 Å². The Hall–Kier alpha value is -2.47. The average molecular weight is 409 g/mol. The van der Waals surface area contributed by atoms with Crippen LogP contribution < -0.4 is 10.5 Å². The third-order valence-electron chi connectivity index (χ3n) is 5.69. The Balaban J connectivity index is 1.71. The zero-order valence-corrected chi connectivity index (χ0v) is 18.3. The summed E-state index contributed by atoms with van der Waals surface area (Å²) in [6.07, 6.45) is 6.84. The fourth-order valence-corrected chi connectivity index (χ4v) is 5.34. The van der Waals surface area contributed by atoms with Gasteiger partial charge in [-0.05, 0) is 62.8 Å². The molecule has 0 saturated carbocycles. The van der Waals surface area contributed by atoms with Crippen LogP contribution in [-0.4, -0.2) is 29.0 Å². The Morgan fingerprint density at radius 1 is 1.14 bits per heavy atom. The third-order valence-corrected chi connectivity index (χ3v) is 6.88. The molecule has 1 aliphatic carbocycles. The van der Waals surface area contributed by atoms with Crippen LogP contribution in [0.2, 0.25) is 0 Å². The van der Waals surface area contributed by atoms with Gasteiger partial charge in [0.05, 0.1) is 11.6 Å². The number of hydrogen-bond acceptors (Lipinski definition) is 5. The van der Waals surface area contributed by atoms with Gasteiger partial charge in [0.15, 0.2) is 0 Å². The number of fused-ring (bicyclic) bond motifs is 3. The molecular formula is C23H28N4OS. The number of thiophene rings is 1. The summed E-state index contributed by atoms with van der Waals surface area (Å²) >= 11 is 1.69. The molecule has 0 bridgehead atoms. The van der Waals surface area contributed by atoms with E-state index in [0.717, 1.165) is 54.0 Å². The van der Waals surface area contributed by atoms with Gasteiger partial charge in [0.25, 0.3) is 5.56 Å². The minimum Gasteiger partial charge on any atom is -0.372 e. The van der Waals surface area contributed by atoms with Crippen molar-refractivity contribution in [3.63, 3.8) is 0 Å². The van der Waals surface area contributed by atoms with Crippen molar-refractivity contribution in [1.29, 1.82) is 0 Å². The number of aryl methyl sites for hydroxylation is 3. The molecular weight excluding hydrogens is 380 g/mol. The van der Waals surface area contributed by atoms with Crippen LogP contribution >= 0.6 is 11.3 Å². The fourth-order valence-electron chi connectivity index (χ4n) is 4.07. The van der Waals surface area contributed by atoms with Gasteiger partial charge in [-0.25, -0.2) is 4.98 Å². The SMILES string of the molecule is CCc1nc2sc3c(c2c(=O)n1/N=C/c1ccc(N(CC)CC)cc1)CCCC3. The predicted molar refractivity (Wildman–Crippen MR) is 123 cm³/mol. The largest absolute Gasteiger partial charge is 0.372 e. The lowest BCUT2D eigenvalue weighted by Gasteiger charge is -2.20. The molecule has 0 saturated heterocycles. The van der Waals surface area contributed by atoms with Crippen molar-refractivity contribution in [1.82, 2.24) is 9.66 Å². The lowest BCUT2D eigenvalue weighted by Crippen LogP contribution is -2.22. The fraction of sp³-hybridized carbons (Fsp3) is 0.435. The van der Waals surface area contributed by atoms with E-state index in [1.54, 1.807) is 17.6 Å². The van der Waals surface area contributed by atoms with Gasteiger partial charge in [-0.1, -0.05) is 19.1 Å². The van der Waals surface area contributed by atoms with Crippen LogP contribution in [0, 0.1) is 0 Å². The summed E-state index contributed by atoms with van der Waals surface area (Å²) in [6.45, 7) is 8.30. The summed E-state index contributed by atoms with van der Waals surface area (Å²) in [5, 5.41) is 5.34. The topological polar surface area (TPSA) is 50.5 Å². The average Bonchev–Trinajstić information content (AvgIpc) is 3.13. The molecule has 5 nitrogen and oxygen atoms in total. The van der Waals surface area contributed by atoms with Gasteiger partial charge in [0.1, 0.15) is 10.7 Å². The Bertz CT molecular complexity index is 1090. The van der Waals surface area contributed by atoms with E-state index in [9.17, 15) is 4.79 Å². The normalized spacial score (nSPS) is 13.9. The highest BCUT2D eigenvalue weighted by Gasteiger charge is 2.21. The Labute approximate surface area is 175 Å². The monoisotopic (exact) mass is 408 g/mol. The standard InChI is InChI=1S/C23H28N4OS/c1-4-20-25-22-21(18-9-7-8-10-19(18)29-22)23(28)27(20)24-15-16-11-13-17(14-12-16)26(5-2)6-3/h11-15H,4-10H2,1-3H3/b24-15+. The number of aromatic nitrogens is 2. The quantitative estimate of drug-likeness (QED) is 0.559. The van der Waals surface area contributed by atoms with E-state index in [1.807, 2.05) is 19.1 Å². The molecule has 0 N–H and O–H groups in total. The van der Waals surface area contributed by atoms with Crippen LogP contribution in [0.15, 0.2) is 34.2 Å². The van der Waals surface area contributed by atoms with Gasteiger partial charge in [-0.3, -0.25) is 4.79 Å². The Morgan fingerprint density at radius 3 is 2.55 bits per heavy atom. The number of hydrogen-bond donors (Lipinski definition) is 0. The number of rotatable bonds is 6. The number of anilines is 1. The zero-order chi connectivity index (χ0) is 20.4. The van der Waals surface area contributed by atoms with Crippen molar-refractivity contribution >= 4 is 33.5 Å². The van der Waals surface area contributed by atoms with Crippen LogP contribution in [-0.2, 0) is 19.3 Å². The molecule has 0 spiro atoms. The van der Waals surface area contributed by atoms with Gasteiger partial charge >= 0.3 is 0 Å². The minimum absolute atomic E-state index is 0.0257. The first-order valence-corrected chi connectivity index (χ1v) is 11.4. The van der Waals surface area contributed by atoms with Crippen LogP contribution in [0.3, 0.4) is 0 Å². The molecule has 0 amide bonds. The van der Waals surface area contributed by atoms with Crippen molar-refractivity contribution in [2.75, 3.05) is 18.0 Å². The van der Waals surface area contributed by atoms with E-state index in [1.165, 1.54) is 27.2 Å². The second-order valence-electron chi connectivity index (χ2n) is 7.40. The first-order valence-electron chi connectivity index (χ1n) is 10.6. The molecule has 4 rings (SSSR count). The van der Waals surface area contributed by atoms with Crippen LogP contribution in [0.25, 0.3) is 10.2 Å². The van der Waals surface area contributed by atoms with Gasteiger partial charge in [-0.2, -0.15) is 9.78 Å². The molecule has 0 fully saturated rings. The van der Waals surface area contributed by atoms with E-state index in [2.05, 4.69) is 36.0 Å². The summed E-state index contributed by atoms with van der Waals surface area (Å²) in [6, 6.07) is 8.31. The highest BCUT2D eigenvalue weighted by molar-refractivity contribution is 7.18. The second kappa shape index (κ2) is 8.49.